The molecule has 0 bridgehead atoms. The third-order valence-corrected chi connectivity index (χ3v) is 6.89. The number of benzene rings is 3. The second-order valence-corrected chi connectivity index (χ2v) is 10.1. The molecule has 4 rings (SSSR count). The molecule has 1 amide bonds. The Bertz CT molecular complexity index is 1380. The molecular formula is C25H17BrCl2N2O5S. The monoisotopic (exact) mass is 606 g/mol. The number of amidine groups is 1. The molecule has 184 valence electrons. The number of hydrogen-bond acceptors (Lipinski definition) is 6. The summed E-state index contributed by atoms with van der Waals surface area (Å²) in [5.74, 6) is -0.813. The Balaban J connectivity index is 1.73. The Labute approximate surface area is 229 Å². The largest absolute Gasteiger partial charge is 0.493 e. The standard InChI is InChI=1S/C25H17BrCl2N2O5S/c1-34-20-11-14(10-19(26)23(20)35-13-22(31)32)12-21-24(33)30(18-8-4-16(28)5-9-18)25(36-21)29-17-6-2-15(27)3-7-17/h2-12H,13H2,1H3,(H,31,32)/b21-12-,29-25?. The number of carbonyl (C=O) groups excluding carboxylic acids is 1. The van der Waals surface area contributed by atoms with Gasteiger partial charge in [-0.2, -0.15) is 0 Å². The van der Waals surface area contributed by atoms with Crippen LogP contribution in [0.2, 0.25) is 10.0 Å². The van der Waals surface area contributed by atoms with Crippen LogP contribution >= 0.6 is 50.9 Å². The lowest BCUT2D eigenvalue weighted by molar-refractivity contribution is -0.139. The van der Waals surface area contributed by atoms with Crippen molar-refractivity contribution in [2.45, 2.75) is 0 Å². The Kier molecular flexibility index (Phi) is 8.25. The fraction of sp³-hybridized carbons (Fsp3) is 0.0800. The van der Waals surface area contributed by atoms with Crippen molar-refractivity contribution < 1.29 is 24.2 Å². The van der Waals surface area contributed by atoms with Crippen molar-refractivity contribution in [2.24, 2.45) is 4.99 Å². The first-order valence-corrected chi connectivity index (χ1v) is 12.7. The maximum absolute atomic E-state index is 13.5. The van der Waals surface area contributed by atoms with Gasteiger partial charge in [0.15, 0.2) is 23.3 Å². The van der Waals surface area contributed by atoms with E-state index in [4.69, 9.17) is 37.8 Å². The summed E-state index contributed by atoms with van der Waals surface area (Å²) in [5.41, 5.74) is 1.89. The number of halogens is 3. The molecule has 0 radical (unpaired) electrons. The lowest BCUT2D eigenvalue weighted by atomic mass is 10.1. The third kappa shape index (κ3) is 6.04. The van der Waals surface area contributed by atoms with Crippen molar-refractivity contribution in [2.75, 3.05) is 18.6 Å². The van der Waals surface area contributed by atoms with Crippen molar-refractivity contribution in [1.82, 2.24) is 0 Å². The van der Waals surface area contributed by atoms with Crippen LogP contribution in [0.25, 0.3) is 6.08 Å². The highest BCUT2D eigenvalue weighted by Gasteiger charge is 2.35. The fourth-order valence-electron chi connectivity index (χ4n) is 3.24. The van der Waals surface area contributed by atoms with Gasteiger partial charge in [0, 0.05) is 10.0 Å². The van der Waals surface area contributed by atoms with E-state index in [-0.39, 0.29) is 11.7 Å². The van der Waals surface area contributed by atoms with Crippen LogP contribution in [0.4, 0.5) is 11.4 Å². The molecule has 1 N–H and O–H groups in total. The Morgan fingerprint density at radius 3 is 2.36 bits per heavy atom. The van der Waals surface area contributed by atoms with Crippen LogP contribution in [0, 0.1) is 0 Å². The van der Waals surface area contributed by atoms with Gasteiger partial charge in [-0.15, -0.1) is 0 Å². The maximum Gasteiger partial charge on any atom is 0.341 e. The van der Waals surface area contributed by atoms with Crippen LogP contribution in [0.15, 0.2) is 75.0 Å². The lowest BCUT2D eigenvalue weighted by Crippen LogP contribution is -2.28. The molecule has 0 saturated carbocycles. The first-order valence-electron chi connectivity index (χ1n) is 10.3. The van der Waals surface area contributed by atoms with Gasteiger partial charge in [-0.05, 0) is 100.0 Å². The van der Waals surface area contributed by atoms with Gasteiger partial charge >= 0.3 is 5.97 Å². The van der Waals surface area contributed by atoms with E-state index in [9.17, 15) is 9.59 Å². The third-order valence-electron chi connectivity index (χ3n) is 4.83. The molecule has 0 aliphatic carbocycles. The smallest absolute Gasteiger partial charge is 0.341 e. The number of anilines is 1. The number of methoxy groups -OCH3 is 1. The number of carbonyl (C=O) groups is 2. The second-order valence-electron chi connectivity index (χ2n) is 7.31. The molecule has 1 fully saturated rings. The molecule has 3 aromatic carbocycles. The van der Waals surface area contributed by atoms with E-state index >= 15 is 0 Å². The lowest BCUT2D eigenvalue weighted by Gasteiger charge is -2.15. The zero-order valence-electron chi connectivity index (χ0n) is 18.6. The number of carboxylic acids is 1. The summed E-state index contributed by atoms with van der Waals surface area (Å²) in [4.78, 5) is 31.0. The van der Waals surface area contributed by atoms with Gasteiger partial charge in [-0.25, -0.2) is 9.79 Å². The Morgan fingerprint density at radius 2 is 1.75 bits per heavy atom. The number of amides is 1. The number of ether oxygens (including phenoxy) is 2. The minimum Gasteiger partial charge on any atom is -0.493 e. The molecule has 0 unspecified atom stereocenters. The summed E-state index contributed by atoms with van der Waals surface area (Å²) in [6, 6.07) is 17.2. The van der Waals surface area contributed by atoms with E-state index in [0.717, 1.165) is 0 Å². The molecule has 7 nitrogen and oxygen atoms in total. The Hall–Kier alpha value is -2.98. The van der Waals surface area contributed by atoms with Gasteiger partial charge in [-0.3, -0.25) is 9.69 Å². The number of carboxylic acid groups (broad SMARTS) is 1. The van der Waals surface area contributed by atoms with Gasteiger partial charge in [0.1, 0.15) is 0 Å². The molecule has 1 aliphatic heterocycles. The number of aliphatic imine (C=N–C) groups is 1. The maximum atomic E-state index is 13.5. The summed E-state index contributed by atoms with van der Waals surface area (Å²) < 4.78 is 11.2. The van der Waals surface area contributed by atoms with Gasteiger partial charge in [0.05, 0.1) is 27.9 Å². The quantitative estimate of drug-likeness (QED) is 0.290. The Morgan fingerprint density at radius 1 is 1.11 bits per heavy atom. The fourth-order valence-corrected chi connectivity index (χ4v) is 5.07. The highest BCUT2D eigenvalue weighted by Crippen LogP contribution is 2.41. The van der Waals surface area contributed by atoms with E-state index in [1.807, 2.05) is 0 Å². The van der Waals surface area contributed by atoms with Crippen molar-refractivity contribution in [3.8, 4) is 11.5 Å². The van der Waals surface area contributed by atoms with Crippen molar-refractivity contribution in [3.63, 3.8) is 0 Å². The van der Waals surface area contributed by atoms with Crippen LogP contribution < -0.4 is 14.4 Å². The van der Waals surface area contributed by atoms with E-state index in [1.165, 1.54) is 23.8 Å². The van der Waals surface area contributed by atoms with Crippen LogP contribution in [-0.4, -0.2) is 35.9 Å². The van der Waals surface area contributed by atoms with Gasteiger partial charge < -0.3 is 14.6 Å². The van der Waals surface area contributed by atoms with Crippen LogP contribution in [-0.2, 0) is 9.59 Å². The highest BCUT2D eigenvalue weighted by molar-refractivity contribution is 9.10. The average Bonchev–Trinajstić information content (AvgIpc) is 3.14. The van der Waals surface area contributed by atoms with Gasteiger partial charge in [0.25, 0.3) is 5.91 Å². The molecule has 1 heterocycles. The van der Waals surface area contributed by atoms with Crippen molar-refractivity contribution in [1.29, 1.82) is 0 Å². The highest BCUT2D eigenvalue weighted by atomic mass is 79.9. The molecule has 3 aromatic rings. The summed E-state index contributed by atoms with van der Waals surface area (Å²) >= 11 is 16.7. The predicted molar refractivity (Wildman–Crippen MR) is 147 cm³/mol. The van der Waals surface area contributed by atoms with Crippen LogP contribution in [0.1, 0.15) is 5.56 Å². The molecule has 36 heavy (non-hydrogen) atoms. The number of nitrogens with zero attached hydrogens (tertiary/aromatic N) is 2. The molecular weight excluding hydrogens is 591 g/mol. The molecule has 1 aliphatic rings. The predicted octanol–water partition coefficient (Wildman–Crippen LogP) is 7.04. The summed E-state index contributed by atoms with van der Waals surface area (Å²) in [6.45, 7) is -0.524. The average molecular weight is 608 g/mol. The SMILES string of the molecule is COc1cc(/C=C2\SC(=Nc3ccc(Cl)cc3)N(c3ccc(Cl)cc3)C2=O)cc(Br)c1OCC(=O)O. The molecule has 0 spiro atoms. The summed E-state index contributed by atoms with van der Waals surface area (Å²) in [6.07, 6.45) is 1.70. The topological polar surface area (TPSA) is 88.4 Å². The van der Waals surface area contributed by atoms with Gasteiger partial charge in [-0.1, -0.05) is 23.2 Å². The van der Waals surface area contributed by atoms with E-state index in [0.29, 0.717) is 47.3 Å². The van der Waals surface area contributed by atoms with Crippen LogP contribution in [0.5, 0.6) is 11.5 Å². The normalized spacial score (nSPS) is 15.6. The van der Waals surface area contributed by atoms with Crippen molar-refractivity contribution in [3.05, 3.63) is 85.7 Å². The van der Waals surface area contributed by atoms with Gasteiger partial charge in [0.2, 0.25) is 0 Å². The molecule has 11 heteroatoms. The second kappa shape index (κ2) is 11.4. The number of thioether (sulfide) groups is 1. The van der Waals surface area contributed by atoms with E-state index in [2.05, 4.69) is 20.9 Å². The minimum atomic E-state index is -1.11. The number of rotatable bonds is 7. The first-order chi connectivity index (χ1) is 17.2. The number of aliphatic carboxylic acids is 1. The van der Waals surface area contributed by atoms with Crippen LogP contribution in [0.3, 0.4) is 0 Å². The molecule has 0 aromatic heterocycles. The zero-order chi connectivity index (χ0) is 25.8. The first kappa shape index (κ1) is 26.1. The minimum absolute atomic E-state index is 0.250. The molecule has 0 atom stereocenters. The zero-order valence-corrected chi connectivity index (χ0v) is 22.5. The van der Waals surface area contributed by atoms with E-state index < -0.39 is 12.6 Å². The molecule has 1 saturated heterocycles. The summed E-state index contributed by atoms with van der Waals surface area (Å²) in [5, 5.41) is 10.5. The van der Waals surface area contributed by atoms with Crippen molar-refractivity contribution >= 4 is 85.4 Å². The van der Waals surface area contributed by atoms with E-state index in [1.54, 1.807) is 66.7 Å². The number of hydrogen-bond donors (Lipinski definition) is 1. The summed E-state index contributed by atoms with van der Waals surface area (Å²) in [7, 11) is 1.45.